The molecule has 0 aliphatic rings. The van der Waals surface area contributed by atoms with E-state index in [2.05, 4.69) is 21.9 Å². The van der Waals surface area contributed by atoms with E-state index < -0.39 is 0 Å². The number of H-pyrrole nitrogens is 1. The molecule has 6 heteroatoms. The zero-order valence-electron chi connectivity index (χ0n) is 13.0. The minimum atomic E-state index is -0.153. The van der Waals surface area contributed by atoms with Gasteiger partial charge in [0.1, 0.15) is 5.75 Å². The number of nitrogens with zero attached hydrogens (tertiary/aromatic N) is 2. The first-order chi connectivity index (χ1) is 11.2. The Labute approximate surface area is 133 Å². The Morgan fingerprint density at radius 1 is 1.35 bits per heavy atom. The fraction of sp³-hybridized carbons (Fsp3) is 0.294. The van der Waals surface area contributed by atoms with Crippen molar-refractivity contribution in [1.82, 2.24) is 14.9 Å². The number of benzene rings is 1. The van der Waals surface area contributed by atoms with Crippen LogP contribution in [0.1, 0.15) is 12.0 Å². The molecule has 2 heterocycles. The first kappa shape index (κ1) is 15.3. The summed E-state index contributed by atoms with van der Waals surface area (Å²) in [4.78, 5) is 20.6. The number of hydrogen-bond donors (Lipinski definition) is 1. The van der Waals surface area contributed by atoms with Crippen molar-refractivity contribution in [2.45, 2.75) is 13.0 Å². The van der Waals surface area contributed by atoms with Gasteiger partial charge in [-0.05, 0) is 37.7 Å². The lowest BCUT2D eigenvalue weighted by Crippen LogP contribution is -2.20. The first-order valence-electron chi connectivity index (χ1n) is 7.52. The zero-order valence-corrected chi connectivity index (χ0v) is 13.0. The molecule has 23 heavy (non-hydrogen) atoms. The van der Waals surface area contributed by atoms with Gasteiger partial charge in [-0.1, -0.05) is 0 Å². The number of aromatic nitrogens is 2. The predicted molar refractivity (Wildman–Crippen MR) is 87.5 cm³/mol. The van der Waals surface area contributed by atoms with Crippen LogP contribution in [0.5, 0.6) is 5.75 Å². The quantitative estimate of drug-likeness (QED) is 0.678. The number of ether oxygens (including phenoxy) is 1. The molecule has 0 bridgehead atoms. The normalized spacial score (nSPS) is 11.2. The molecule has 0 atom stereocenters. The Morgan fingerprint density at radius 2 is 2.26 bits per heavy atom. The van der Waals surface area contributed by atoms with Crippen LogP contribution in [0.25, 0.3) is 10.9 Å². The minimum Gasteiger partial charge on any atom is -0.494 e. The molecular weight excluding hydrogens is 294 g/mol. The lowest BCUT2D eigenvalue weighted by molar-refractivity contribution is 0.258. The molecule has 0 saturated heterocycles. The Kier molecular flexibility index (Phi) is 4.73. The van der Waals surface area contributed by atoms with Crippen LogP contribution >= 0.6 is 0 Å². The Morgan fingerprint density at radius 3 is 3.09 bits per heavy atom. The number of fused-ring (bicyclic) bond motifs is 1. The lowest BCUT2D eigenvalue weighted by atomic mass is 10.2. The molecule has 0 spiro atoms. The summed E-state index contributed by atoms with van der Waals surface area (Å²) in [6, 6.07) is 7.33. The van der Waals surface area contributed by atoms with E-state index in [1.54, 1.807) is 24.7 Å². The van der Waals surface area contributed by atoms with Crippen molar-refractivity contribution >= 4 is 10.9 Å². The van der Waals surface area contributed by atoms with Gasteiger partial charge in [0, 0.05) is 18.7 Å². The highest BCUT2D eigenvalue weighted by Gasteiger charge is 2.04. The van der Waals surface area contributed by atoms with Crippen LogP contribution in [-0.4, -0.2) is 35.1 Å². The molecule has 0 unspecified atom stereocenters. The van der Waals surface area contributed by atoms with Crippen molar-refractivity contribution < 1.29 is 9.15 Å². The van der Waals surface area contributed by atoms with Crippen LogP contribution < -0.4 is 10.3 Å². The summed E-state index contributed by atoms with van der Waals surface area (Å²) < 4.78 is 10.8. The van der Waals surface area contributed by atoms with E-state index in [9.17, 15) is 4.79 Å². The van der Waals surface area contributed by atoms with Crippen molar-refractivity contribution in [3.05, 3.63) is 59.0 Å². The van der Waals surface area contributed by atoms with Crippen LogP contribution in [0.15, 0.2) is 52.3 Å². The summed E-state index contributed by atoms with van der Waals surface area (Å²) in [5, 5.41) is 0.544. The Bertz CT molecular complexity index is 811. The van der Waals surface area contributed by atoms with Crippen molar-refractivity contribution in [1.29, 1.82) is 0 Å². The van der Waals surface area contributed by atoms with Gasteiger partial charge in [-0.25, -0.2) is 4.98 Å². The van der Waals surface area contributed by atoms with Gasteiger partial charge in [-0.15, -0.1) is 0 Å². The zero-order chi connectivity index (χ0) is 16.1. The third-order valence-corrected chi connectivity index (χ3v) is 3.60. The van der Waals surface area contributed by atoms with Crippen LogP contribution in [0.2, 0.25) is 0 Å². The average Bonchev–Trinajstić information content (AvgIpc) is 3.05. The average molecular weight is 313 g/mol. The molecule has 3 rings (SSSR count). The highest BCUT2D eigenvalue weighted by Crippen LogP contribution is 2.16. The van der Waals surface area contributed by atoms with Crippen molar-refractivity contribution in [2.75, 3.05) is 20.2 Å². The number of aromatic amines is 1. The summed E-state index contributed by atoms with van der Waals surface area (Å²) >= 11 is 0. The maximum Gasteiger partial charge on any atom is 0.258 e. The SMILES string of the molecule is CN(CCCOc1ccc2nc[nH]c(=O)c2c1)Cc1ccoc1. The summed E-state index contributed by atoms with van der Waals surface area (Å²) in [5.74, 6) is 0.688. The summed E-state index contributed by atoms with van der Waals surface area (Å²) in [7, 11) is 2.06. The van der Waals surface area contributed by atoms with E-state index in [0.717, 1.165) is 25.1 Å². The van der Waals surface area contributed by atoms with Gasteiger partial charge in [0.15, 0.2) is 0 Å². The Balaban J connectivity index is 1.49. The van der Waals surface area contributed by atoms with Crippen molar-refractivity contribution in [2.24, 2.45) is 0 Å². The largest absolute Gasteiger partial charge is 0.494 e. The second kappa shape index (κ2) is 7.11. The number of nitrogens with one attached hydrogen (secondary N) is 1. The van der Waals surface area contributed by atoms with Crippen molar-refractivity contribution in [3.8, 4) is 5.75 Å². The molecule has 0 saturated carbocycles. The van der Waals surface area contributed by atoms with Crippen LogP contribution in [0.4, 0.5) is 0 Å². The van der Waals surface area contributed by atoms with Crippen LogP contribution in [0.3, 0.4) is 0 Å². The molecule has 1 aromatic carbocycles. The molecule has 0 amide bonds. The van der Waals surface area contributed by atoms with Gasteiger partial charge >= 0.3 is 0 Å². The van der Waals surface area contributed by atoms with Gasteiger partial charge in [-0.3, -0.25) is 4.79 Å². The fourth-order valence-corrected chi connectivity index (χ4v) is 2.44. The standard InChI is InChI=1S/C17H19N3O3/c1-20(10-13-5-8-22-11-13)6-2-7-23-14-3-4-16-15(9-14)17(21)19-12-18-16/h3-5,8-9,11-12H,2,6-7,10H2,1H3,(H,18,19,21). The van der Waals surface area contributed by atoms with E-state index in [1.807, 2.05) is 12.1 Å². The molecule has 1 N–H and O–H groups in total. The fourth-order valence-electron chi connectivity index (χ4n) is 2.44. The third-order valence-electron chi connectivity index (χ3n) is 3.60. The van der Waals surface area contributed by atoms with E-state index in [0.29, 0.717) is 23.3 Å². The molecule has 2 aromatic heterocycles. The third kappa shape index (κ3) is 3.98. The maximum atomic E-state index is 11.7. The van der Waals surface area contributed by atoms with E-state index in [1.165, 1.54) is 6.33 Å². The Hall–Kier alpha value is -2.60. The van der Waals surface area contributed by atoms with Gasteiger partial charge in [0.2, 0.25) is 0 Å². The van der Waals surface area contributed by atoms with E-state index in [-0.39, 0.29) is 5.56 Å². The van der Waals surface area contributed by atoms with Gasteiger partial charge < -0.3 is 19.0 Å². The van der Waals surface area contributed by atoms with Crippen LogP contribution in [0, 0.1) is 0 Å². The number of furan rings is 1. The smallest absolute Gasteiger partial charge is 0.258 e. The molecule has 3 aromatic rings. The molecule has 0 radical (unpaired) electrons. The molecule has 0 aliphatic heterocycles. The van der Waals surface area contributed by atoms with Gasteiger partial charge in [0.05, 0.1) is 36.4 Å². The molecule has 0 aliphatic carbocycles. The first-order valence-corrected chi connectivity index (χ1v) is 7.52. The molecule has 0 fully saturated rings. The second-order valence-corrected chi connectivity index (χ2v) is 5.48. The van der Waals surface area contributed by atoms with E-state index in [4.69, 9.17) is 9.15 Å². The van der Waals surface area contributed by atoms with Gasteiger partial charge in [-0.2, -0.15) is 0 Å². The maximum absolute atomic E-state index is 11.7. The number of rotatable bonds is 7. The van der Waals surface area contributed by atoms with Crippen molar-refractivity contribution in [3.63, 3.8) is 0 Å². The number of hydrogen-bond acceptors (Lipinski definition) is 5. The second-order valence-electron chi connectivity index (χ2n) is 5.48. The predicted octanol–water partition coefficient (Wildman–Crippen LogP) is 2.42. The van der Waals surface area contributed by atoms with Gasteiger partial charge in [0.25, 0.3) is 5.56 Å². The highest BCUT2D eigenvalue weighted by molar-refractivity contribution is 5.78. The molecular formula is C17H19N3O3. The topological polar surface area (TPSA) is 71.4 Å². The monoisotopic (exact) mass is 313 g/mol. The minimum absolute atomic E-state index is 0.153. The van der Waals surface area contributed by atoms with E-state index >= 15 is 0 Å². The summed E-state index contributed by atoms with van der Waals surface area (Å²) in [6.07, 6.45) is 5.74. The summed E-state index contributed by atoms with van der Waals surface area (Å²) in [6.45, 7) is 2.37. The van der Waals surface area contributed by atoms with Crippen LogP contribution in [-0.2, 0) is 6.54 Å². The molecule has 6 nitrogen and oxygen atoms in total. The summed E-state index contributed by atoms with van der Waals surface area (Å²) in [5.41, 5.74) is 1.68. The molecule has 120 valence electrons. The highest BCUT2D eigenvalue weighted by atomic mass is 16.5. The lowest BCUT2D eigenvalue weighted by Gasteiger charge is -2.15.